The largest absolute Gasteiger partial charge is 0.466 e. The molecule has 4 aliphatic rings. The Morgan fingerprint density at radius 3 is 2.78 bits per heavy atom. The van der Waals surface area contributed by atoms with Crippen molar-refractivity contribution in [3.8, 4) is 0 Å². The number of fused-ring (bicyclic) bond motifs is 2. The first kappa shape index (κ1) is 16.8. The Hall–Kier alpha value is -2.40. The number of piperidine rings is 1. The van der Waals surface area contributed by atoms with Gasteiger partial charge in [-0.1, -0.05) is 29.8 Å². The predicted octanol–water partition coefficient (Wildman–Crippen LogP) is 2.77. The van der Waals surface area contributed by atoms with E-state index in [1.807, 2.05) is 25.1 Å². The van der Waals surface area contributed by atoms with E-state index in [1.165, 1.54) is 18.2 Å². The van der Waals surface area contributed by atoms with Gasteiger partial charge in [0.25, 0.3) is 0 Å². The molecular formula is C22H24N2O3. The molecule has 1 aromatic carbocycles. The zero-order valence-corrected chi connectivity index (χ0v) is 16.0. The monoisotopic (exact) mass is 364 g/mol. The molecule has 1 amide bonds. The average Bonchev–Trinajstić information content (AvgIpc) is 3.21. The highest BCUT2D eigenvalue weighted by Gasteiger charge is 2.64. The number of rotatable bonds is 1. The molecule has 0 N–H and O–H groups in total. The van der Waals surface area contributed by atoms with Crippen molar-refractivity contribution >= 4 is 17.6 Å². The smallest absolute Gasteiger partial charge is 0.336 e. The molecule has 1 aliphatic carbocycles. The van der Waals surface area contributed by atoms with Crippen LogP contribution in [0.25, 0.3) is 0 Å². The fourth-order valence-electron chi connectivity index (χ4n) is 6.09. The Labute approximate surface area is 159 Å². The third-order valence-corrected chi connectivity index (χ3v) is 7.06. The van der Waals surface area contributed by atoms with Crippen molar-refractivity contribution in [2.75, 3.05) is 25.1 Å². The number of carbonyl (C=O) groups excluding carboxylic acids is 2. The van der Waals surface area contributed by atoms with E-state index in [2.05, 4.69) is 17.0 Å². The van der Waals surface area contributed by atoms with Crippen LogP contribution in [0, 0.1) is 5.92 Å². The number of hydrogen-bond acceptors (Lipinski definition) is 4. The number of anilines is 1. The number of amides is 1. The second-order valence-electron chi connectivity index (χ2n) is 7.98. The first-order valence-corrected chi connectivity index (χ1v) is 9.67. The lowest BCUT2D eigenvalue weighted by Gasteiger charge is -2.49. The van der Waals surface area contributed by atoms with Crippen molar-refractivity contribution in [3.05, 3.63) is 52.7 Å². The Bertz CT molecular complexity index is 931. The topological polar surface area (TPSA) is 49.9 Å². The van der Waals surface area contributed by atoms with Gasteiger partial charge in [-0.25, -0.2) is 4.79 Å². The molecule has 140 valence electrons. The molecule has 0 unspecified atom stereocenters. The van der Waals surface area contributed by atoms with Crippen molar-refractivity contribution in [3.63, 3.8) is 0 Å². The molecule has 3 heterocycles. The molecule has 0 aromatic heterocycles. The van der Waals surface area contributed by atoms with Crippen molar-refractivity contribution in [2.45, 2.75) is 38.1 Å². The molecule has 1 aromatic rings. The number of methoxy groups -OCH3 is 1. The van der Waals surface area contributed by atoms with Gasteiger partial charge in [-0.15, -0.1) is 0 Å². The van der Waals surface area contributed by atoms with Gasteiger partial charge in [-0.05, 0) is 31.4 Å². The Balaban J connectivity index is 1.90. The number of ether oxygens (including phenoxy) is 1. The summed E-state index contributed by atoms with van der Waals surface area (Å²) >= 11 is 0. The lowest BCUT2D eigenvalue weighted by atomic mass is 9.61. The first-order chi connectivity index (χ1) is 13.0. The van der Waals surface area contributed by atoms with Crippen LogP contribution in [0.5, 0.6) is 0 Å². The SMILES string of the molecule is C/C=C1/CN2CC[C@]34C(=C(C(=O)OC)[C@H]1C[C@H]23)N(C(C)=O)c1ccccc14. The van der Waals surface area contributed by atoms with E-state index in [4.69, 9.17) is 4.74 Å². The minimum absolute atomic E-state index is 0.0288. The van der Waals surface area contributed by atoms with E-state index in [9.17, 15) is 9.59 Å². The fourth-order valence-corrected chi connectivity index (χ4v) is 6.09. The summed E-state index contributed by atoms with van der Waals surface area (Å²) in [7, 11) is 1.44. The van der Waals surface area contributed by atoms with Crippen LogP contribution in [0.15, 0.2) is 47.2 Å². The van der Waals surface area contributed by atoms with Crippen LogP contribution in [-0.2, 0) is 19.7 Å². The standard InChI is InChI=1S/C22H24N2O3/c1-4-14-12-23-10-9-22-16-7-5-6-8-17(16)24(13(2)25)20(22)19(21(26)27-3)15(14)11-18(22)23/h4-8,15,18H,9-12H2,1-3H3/b14-4-/t15-,18-,22+/m0/s1. The molecule has 5 nitrogen and oxygen atoms in total. The lowest BCUT2D eigenvalue weighted by Crippen LogP contribution is -2.54. The highest BCUT2D eigenvalue weighted by molar-refractivity contribution is 6.04. The summed E-state index contributed by atoms with van der Waals surface area (Å²) in [6, 6.07) is 8.48. The predicted molar refractivity (Wildman–Crippen MR) is 102 cm³/mol. The molecule has 27 heavy (non-hydrogen) atoms. The van der Waals surface area contributed by atoms with E-state index >= 15 is 0 Å². The molecule has 2 fully saturated rings. The van der Waals surface area contributed by atoms with Crippen molar-refractivity contribution in [2.24, 2.45) is 5.92 Å². The molecule has 2 bridgehead atoms. The fraction of sp³-hybridized carbons (Fsp3) is 0.455. The minimum Gasteiger partial charge on any atom is -0.466 e. The van der Waals surface area contributed by atoms with Crippen LogP contribution in [0.4, 0.5) is 5.69 Å². The molecule has 0 radical (unpaired) electrons. The van der Waals surface area contributed by atoms with E-state index in [0.717, 1.165) is 37.3 Å². The summed E-state index contributed by atoms with van der Waals surface area (Å²) in [5.74, 6) is -0.316. The first-order valence-electron chi connectivity index (χ1n) is 9.67. The maximum atomic E-state index is 13.0. The molecule has 0 saturated carbocycles. The molecular weight excluding hydrogens is 340 g/mol. The van der Waals surface area contributed by atoms with Crippen LogP contribution in [0.3, 0.4) is 0 Å². The van der Waals surface area contributed by atoms with Crippen LogP contribution >= 0.6 is 0 Å². The van der Waals surface area contributed by atoms with Gasteiger partial charge in [0.15, 0.2) is 0 Å². The maximum absolute atomic E-state index is 13.0. The second kappa shape index (κ2) is 5.55. The van der Waals surface area contributed by atoms with Crippen LogP contribution in [0.1, 0.15) is 32.3 Å². The maximum Gasteiger partial charge on any atom is 0.336 e. The van der Waals surface area contributed by atoms with Gasteiger partial charge in [0.1, 0.15) is 0 Å². The summed E-state index contributed by atoms with van der Waals surface area (Å²) in [5.41, 5.74) is 4.65. The van der Waals surface area contributed by atoms with Gasteiger partial charge in [0, 0.05) is 37.7 Å². The molecule has 5 rings (SSSR count). The summed E-state index contributed by atoms with van der Waals surface area (Å²) in [6.07, 6.45) is 3.97. The van der Waals surface area contributed by atoms with Crippen molar-refractivity contribution in [1.82, 2.24) is 4.90 Å². The number of nitrogens with zero attached hydrogens (tertiary/aromatic N) is 2. The highest BCUT2D eigenvalue weighted by atomic mass is 16.5. The highest BCUT2D eigenvalue weighted by Crippen LogP contribution is 2.63. The summed E-state index contributed by atoms with van der Waals surface area (Å²) in [6.45, 7) is 5.50. The number of allylic oxidation sites excluding steroid dienone is 1. The van der Waals surface area contributed by atoms with Gasteiger partial charge in [-0.2, -0.15) is 0 Å². The number of hydrogen-bond donors (Lipinski definition) is 0. The van der Waals surface area contributed by atoms with Gasteiger partial charge in [0.05, 0.1) is 23.8 Å². The second-order valence-corrected chi connectivity index (χ2v) is 7.98. The summed E-state index contributed by atoms with van der Waals surface area (Å²) in [5, 5.41) is 0. The average molecular weight is 364 g/mol. The van der Waals surface area contributed by atoms with E-state index in [0.29, 0.717) is 11.6 Å². The molecule has 5 heteroatoms. The van der Waals surface area contributed by atoms with Gasteiger partial charge in [0.2, 0.25) is 5.91 Å². The van der Waals surface area contributed by atoms with E-state index in [-0.39, 0.29) is 23.2 Å². The third kappa shape index (κ3) is 1.88. The zero-order chi connectivity index (χ0) is 18.9. The Morgan fingerprint density at radius 1 is 1.30 bits per heavy atom. The Kier molecular flexibility index (Phi) is 3.44. The molecule has 3 aliphatic heterocycles. The van der Waals surface area contributed by atoms with Crippen LogP contribution in [0.2, 0.25) is 0 Å². The van der Waals surface area contributed by atoms with Crippen LogP contribution in [-0.4, -0.2) is 43.0 Å². The van der Waals surface area contributed by atoms with E-state index < -0.39 is 0 Å². The van der Waals surface area contributed by atoms with Gasteiger partial charge >= 0.3 is 5.97 Å². The number of carbonyl (C=O) groups is 2. The van der Waals surface area contributed by atoms with Gasteiger partial charge < -0.3 is 4.74 Å². The number of benzene rings is 1. The van der Waals surface area contributed by atoms with Gasteiger partial charge in [-0.3, -0.25) is 14.6 Å². The van der Waals surface area contributed by atoms with E-state index in [1.54, 1.807) is 11.8 Å². The minimum atomic E-state index is -0.299. The van der Waals surface area contributed by atoms with Crippen molar-refractivity contribution in [1.29, 1.82) is 0 Å². The zero-order valence-electron chi connectivity index (χ0n) is 16.0. The van der Waals surface area contributed by atoms with Crippen LogP contribution < -0.4 is 4.90 Å². The lowest BCUT2D eigenvalue weighted by molar-refractivity contribution is -0.137. The summed E-state index contributed by atoms with van der Waals surface area (Å²) in [4.78, 5) is 30.1. The number of para-hydroxylation sites is 1. The number of esters is 1. The molecule has 1 spiro atoms. The quantitative estimate of drug-likeness (QED) is 0.568. The van der Waals surface area contributed by atoms with Crippen molar-refractivity contribution < 1.29 is 14.3 Å². The normalized spacial score (nSPS) is 32.6. The Morgan fingerprint density at radius 2 is 2.07 bits per heavy atom. The molecule has 3 atom stereocenters. The third-order valence-electron chi connectivity index (χ3n) is 7.06. The molecule has 2 saturated heterocycles. The summed E-state index contributed by atoms with van der Waals surface area (Å²) < 4.78 is 5.24.